The summed E-state index contributed by atoms with van der Waals surface area (Å²) < 4.78 is 1.16. The second-order valence-electron chi connectivity index (χ2n) is 6.08. The smallest absolute Gasteiger partial charge is 0.239 e. The third kappa shape index (κ3) is 3.97. The minimum atomic E-state index is 0.0751. The average Bonchev–Trinajstić information content (AvgIpc) is 2.91. The number of aryl methyl sites for hydroxylation is 1. The molecule has 1 amide bonds. The van der Waals surface area contributed by atoms with E-state index in [1.54, 1.807) is 11.3 Å². The van der Waals surface area contributed by atoms with E-state index in [0.29, 0.717) is 12.5 Å². The molecule has 3 rings (SSSR count). The Kier molecular flexibility index (Phi) is 4.93. The quantitative estimate of drug-likeness (QED) is 0.884. The number of amides is 1. The number of anilines is 1. The second-order valence-corrected chi connectivity index (χ2v) is 7.31. The van der Waals surface area contributed by atoms with E-state index < -0.39 is 0 Å². The first kappa shape index (κ1) is 15.3. The molecule has 4 nitrogen and oxygen atoms in total. The molecule has 0 spiro atoms. The highest BCUT2D eigenvalue weighted by Gasteiger charge is 2.14. The van der Waals surface area contributed by atoms with E-state index in [2.05, 4.69) is 21.7 Å². The summed E-state index contributed by atoms with van der Waals surface area (Å²) in [7, 11) is 0. The van der Waals surface area contributed by atoms with Crippen molar-refractivity contribution >= 4 is 33.1 Å². The van der Waals surface area contributed by atoms with Gasteiger partial charge in [-0.1, -0.05) is 19.3 Å². The molecule has 0 bridgehead atoms. The van der Waals surface area contributed by atoms with Crippen LogP contribution in [0.4, 0.5) is 5.69 Å². The van der Waals surface area contributed by atoms with Crippen LogP contribution in [0.1, 0.15) is 37.1 Å². The third-order valence-electron chi connectivity index (χ3n) is 4.26. The maximum Gasteiger partial charge on any atom is 0.239 e. The topological polar surface area (TPSA) is 54.0 Å². The fourth-order valence-corrected chi connectivity index (χ4v) is 3.91. The molecule has 2 aromatic rings. The molecule has 1 aliphatic rings. The van der Waals surface area contributed by atoms with Crippen LogP contribution in [-0.2, 0) is 4.79 Å². The fraction of sp³-hybridized carbons (Fsp3) is 0.529. The summed E-state index contributed by atoms with van der Waals surface area (Å²) in [5, 5.41) is 7.32. The molecule has 0 aliphatic heterocycles. The number of nitrogens with one attached hydrogen (secondary N) is 2. The third-order valence-corrected chi connectivity index (χ3v) is 5.19. The van der Waals surface area contributed by atoms with Crippen molar-refractivity contribution in [3.8, 4) is 0 Å². The number of benzene rings is 1. The summed E-state index contributed by atoms with van der Waals surface area (Å²) in [6, 6.07) is 6.05. The van der Waals surface area contributed by atoms with Crippen LogP contribution >= 0.6 is 11.3 Å². The Labute approximate surface area is 135 Å². The predicted octanol–water partition coefficient (Wildman–Crippen LogP) is 3.71. The zero-order chi connectivity index (χ0) is 15.4. The van der Waals surface area contributed by atoms with Crippen LogP contribution in [0.25, 0.3) is 10.2 Å². The van der Waals surface area contributed by atoms with Crippen molar-refractivity contribution in [2.24, 2.45) is 5.92 Å². The Morgan fingerprint density at radius 3 is 2.95 bits per heavy atom. The summed E-state index contributed by atoms with van der Waals surface area (Å²) in [6.07, 6.45) is 6.50. The predicted molar refractivity (Wildman–Crippen MR) is 92.4 cm³/mol. The molecule has 1 aliphatic carbocycles. The zero-order valence-electron chi connectivity index (χ0n) is 13.0. The van der Waals surface area contributed by atoms with Crippen molar-refractivity contribution in [3.63, 3.8) is 0 Å². The highest BCUT2D eigenvalue weighted by atomic mass is 32.1. The first-order chi connectivity index (χ1) is 10.7. The Bertz CT molecular complexity index is 646. The monoisotopic (exact) mass is 317 g/mol. The number of aromatic nitrogens is 1. The van der Waals surface area contributed by atoms with Gasteiger partial charge in [-0.05, 0) is 43.9 Å². The first-order valence-corrected chi connectivity index (χ1v) is 8.90. The molecule has 0 unspecified atom stereocenters. The van der Waals surface area contributed by atoms with Gasteiger partial charge in [0.05, 0.1) is 21.8 Å². The number of thiazole rings is 1. The van der Waals surface area contributed by atoms with Crippen LogP contribution in [0.3, 0.4) is 0 Å². The number of nitrogens with zero attached hydrogens (tertiary/aromatic N) is 1. The van der Waals surface area contributed by atoms with Gasteiger partial charge in [0.1, 0.15) is 0 Å². The van der Waals surface area contributed by atoms with Gasteiger partial charge in [-0.3, -0.25) is 4.79 Å². The van der Waals surface area contributed by atoms with E-state index >= 15 is 0 Å². The molecule has 1 aromatic carbocycles. The van der Waals surface area contributed by atoms with Crippen molar-refractivity contribution in [2.45, 2.75) is 39.0 Å². The number of fused-ring (bicyclic) bond motifs is 1. The molecule has 1 aromatic heterocycles. The standard InChI is InChI=1S/C17H23N3OS/c1-12-20-15-8-7-14(9-16(15)22-12)18-11-17(21)19-10-13-5-3-2-4-6-13/h7-9,13,18H,2-6,10-11H2,1H3,(H,19,21). The highest BCUT2D eigenvalue weighted by molar-refractivity contribution is 7.18. The summed E-state index contributed by atoms with van der Waals surface area (Å²) in [5.41, 5.74) is 2.00. The molecular formula is C17H23N3OS. The lowest BCUT2D eigenvalue weighted by Crippen LogP contribution is -2.34. The van der Waals surface area contributed by atoms with Crippen LogP contribution in [-0.4, -0.2) is 24.0 Å². The lowest BCUT2D eigenvalue weighted by Gasteiger charge is -2.21. The van der Waals surface area contributed by atoms with E-state index in [1.807, 2.05) is 19.1 Å². The van der Waals surface area contributed by atoms with Crippen LogP contribution in [0.15, 0.2) is 18.2 Å². The minimum Gasteiger partial charge on any atom is -0.376 e. The number of hydrogen-bond donors (Lipinski definition) is 2. The molecule has 0 atom stereocenters. The Balaban J connectivity index is 1.46. The molecule has 5 heteroatoms. The first-order valence-electron chi connectivity index (χ1n) is 8.08. The lowest BCUT2D eigenvalue weighted by atomic mass is 9.89. The van der Waals surface area contributed by atoms with Crippen LogP contribution in [0.5, 0.6) is 0 Å². The van der Waals surface area contributed by atoms with Gasteiger partial charge in [0, 0.05) is 12.2 Å². The van der Waals surface area contributed by atoms with E-state index in [-0.39, 0.29) is 5.91 Å². The summed E-state index contributed by atoms with van der Waals surface area (Å²) in [6.45, 7) is 3.17. The van der Waals surface area contributed by atoms with E-state index in [4.69, 9.17) is 0 Å². The van der Waals surface area contributed by atoms with E-state index in [1.165, 1.54) is 32.1 Å². The normalized spacial score (nSPS) is 15.9. The molecule has 2 N–H and O–H groups in total. The Morgan fingerprint density at radius 2 is 2.14 bits per heavy atom. The summed E-state index contributed by atoms with van der Waals surface area (Å²) >= 11 is 1.68. The largest absolute Gasteiger partial charge is 0.376 e. The molecular weight excluding hydrogens is 294 g/mol. The number of carbonyl (C=O) groups is 1. The second kappa shape index (κ2) is 7.09. The molecule has 1 heterocycles. The van der Waals surface area contributed by atoms with Crippen LogP contribution < -0.4 is 10.6 Å². The van der Waals surface area contributed by atoms with E-state index in [9.17, 15) is 4.79 Å². The van der Waals surface area contributed by atoms with Crippen LogP contribution in [0, 0.1) is 12.8 Å². The Morgan fingerprint density at radius 1 is 1.32 bits per heavy atom. The lowest BCUT2D eigenvalue weighted by molar-refractivity contribution is -0.119. The van der Waals surface area contributed by atoms with Gasteiger partial charge in [0.25, 0.3) is 0 Å². The van der Waals surface area contributed by atoms with Gasteiger partial charge in [0.2, 0.25) is 5.91 Å². The Hall–Kier alpha value is -1.62. The molecule has 1 fully saturated rings. The number of hydrogen-bond acceptors (Lipinski definition) is 4. The fourth-order valence-electron chi connectivity index (χ4n) is 3.04. The molecule has 0 radical (unpaired) electrons. The van der Waals surface area contributed by atoms with Gasteiger partial charge < -0.3 is 10.6 Å². The number of carbonyl (C=O) groups excluding carboxylic acids is 1. The van der Waals surface area contributed by atoms with Gasteiger partial charge >= 0.3 is 0 Å². The molecule has 118 valence electrons. The van der Waals surface area contributed by atoms with Crippen molar-refractivity contribution in [1.82, 2.24) is 10.3 Å². The molecule has 1 saturated carbocycles. The SMILES string of the molecule is Cc1nc2ccc(NCC(=O)NCC3CCCCC3)cc2s1. The summed E-state index contributed by atoms with van der Waals surface area (Å²) in [5.74, 6) is 0.750. The van der Waals surface area contributed by atoms with Crippen LogP contribution in [0.2, 0.25) is 0 Å². The van der Waals surface area contributed by atoms with Crippen molar-refractivity contribution in [1.29, 1.82) is 0 Å². The van der Waals surface area contributed by atoms with Gasteiger partial charge in [-0.15, -0.1) is 11.3 Å². The van der Waals surface area contributed by atoms with Gasteiger partial charge in [-0.25, -0.2) is 4.98 Å². The maximum atomic E-state index is 11.9. The minimum absolute atomic E-state index is 0.0751. The van der Waals surface area contributed by atoms with Gasteiger partial charge in [0.15, 0.2) is 0 Å². The zero-order valence-corrected chi connectivity index (χ0v) is 13.8. The van der Waals surface area contributed by atoms with Crippen molar-refractivity contribution in [2.75, 3.05) is 18.4 Å². The average molecular weight is 317 g/mol. The molecule has 22 heavy (non-hydrogen) atoms. The van der Waals surface area contributed by atoms with Crippen molar-refractivity contribution < 1.29 is 4.79 Å². The number of rotatable bonds is 5. The summed E-state index contributed by atoms with van der Waals surface area (Å²) in [4.78, 5) is 16.4. The maximum absolute atomic E-state index is 11.9. The van der Waals surface area contributed by atoms with Crippen molar-refractivity contribution in [3.05, 3.63) is 23.2 Å². The highest BCUT2D eigenvalue weighted by Crippen LogP contribution is 2.25. The van der Waals surface area contributed by atoms with Gasteiger partial charge in [-0.2, -0.15) is 0 Å². The molecule has 0 saturated heterocycles. The van der Waals surface area contributed by atoms with E-state index in [0.717, 1.165) is 27.5 Å².